The van der Waals surface area contributed by atoms with E-state index in [0.29, 0.717) is 13.1 Å². The van der Waals surface area contributed by atoms with Crippen LogP contribution in [0.4, 0.5) is 0 Å². The molecule has 142 valence electrons. The van der Waals surface area contributed by atoms with Crippen molar-refractivity contribution in [2.75, 3.05) is 27.3 Å². The number of carbonyl (C=O) groups is 3. The predicted molar refractivity (Wildman–Crippen MR) is 95.4 cm³/mol. The van der Waals surface area contributed by atoms with Gasteiger partial charge in [-0.2, -0.15) is 0 Å². The topological polar surface area (TPSA) is 76.1 Å². The molecule has 0 N–H and O–H groups in total. The number of likely N-dealkylation sites (tertiary alicyclic amines) is 1. The molecule has 1 atom stereocenters. The van der Waals surface area contributed by atoms with Gasteiger partial charge in [0.1, 0.15) is 5.75 Å². The van der Waals surface area contributed by atoms with Gasteiger partial charge in [0, 0.05) is 32.6 Å². The van der Waals surface area contributed by atoms with Gasteiger partial charge in [-0.05, 0) is 31.5 Å². The maximum absolute atomic E-state index is 12.2. The third kappa shape index (κ3) is 4.97. The first-order valence-electron chi connectivity index (χ1n) is 8.64. The molecule has 1 unspecified atom stereocenters. The number of carbonyl (C=O) groups excluding carboxylic acids is 3. The number of rotatable bonds is 7. The summed E-state index contributed by atoms with van der Waals surface area (Å²) >= 11 is 0. The molecule has 7 heteroatoms. The van der Waals surface area contributed by atoms with E-state index in [9.17, 15) is 14.4 Å². The molecule has 1 aliphatic rings. The summed E-state index contributed by atoms with van der Waals surface area (Å²) in [6.45, 7) is 4.25. The summed E-state index contributed by atoms with van der Waals surface area (Å²) in [6.07, 6.45) is 0.146. The zero-order valence-electron chi connectivity index (χ0n) is 15.7. The van der Waals surface area contributed by atoms with Gasteiger partial charge in [0.2, 0.25) is 5.91 Å². The van der Waals surface area contributed by atoms with Gasteiger partial charge in [-0.1, -0.05) is 12.1 Å². The summed E-state index contributed by atoms with van der Waals surface area (Å²) in [5.74, 6) is -0.584. The standard InChI is InChI=1S/C19H26N2O5/c1-13(2)21-11-15(9-17(21)22)19(24)26-12-18(23)20(3)10-14-5-7-16(25-4)8-6-14/h5-8,13,15H,9-12H2,1-4H3. The van der Waals surface area contributed by atoms with Gasteiger partial charge < -0.3 is 19.3 Å². The quantitative estimate of drug-likeness (QED) is 0.686. The van der Waals surface area contributed by atoms with E-state index in [4.69, 9.17) is 9.47 Å². The van der Waals surface area contributed by atoms with Gasteiger partial charge >= 0.3 is 5.97 Å². The van der Waals surface area contributed by atoms with Crippen molar-refractivity contribution in [1.82, 2.24) is 9.80 Å². The van der Waals surface area contributed by atoms with Crippen LogP contribution >= 0.6 is 0 Å². The Balaban J connectivity index is 1.80. The first-order valence-corrected chi connectivity index (χ1v) is 8.64. The van der Waals surface area contributed by atoms with Crippen LogP contribution in [0.1, 0.15) is 25.8 Å². The lowest BCUT2D eigenvalue weighted by atomic mass is 10.1. The fourth-order valence-electron chi connectivity index (χ4n) is 2.84. The Kier molecular flexibility index (Phi) is 6.60. The minimum absolute atomic E-state index is 0.0510. The lowest BCUT2D eigenvalue weighted by molar-refractivity contribution is -0.155. The maximum atomic E-state index is 12.2. The average molecular weight is 362 g/mol. The Bertz CT molecular complexity index is 656. The lowest BCUT2D eigenvalue weighted by Crippen LogP contribution is -2.34. The monoisotopic (exact) mass is 362 g/mol. The van der Waals surface area contributed by atoms with Crippen LogP contribution in [-0.4, -0.2) is 60.9 Å². The van der Waals surface area contributed by atoms with Crippen molar-refractivity contribution >= 4 is 17.8 Å². The number of hydrogen-bond acceptors (Lipinski definition) is 5. The molecule has 1 heterocycles. The Morgan fingerprint density at radius 2 is 1.92 bits per heavy atom. The zero-order valence-corrected chi connectivity index (χ0v) is 15.7. The van der Waals surface area contributed by atoms with E-state index >= 15 is 0 Å². The highest BCUT2D eigenvalue weighted by Crippen LogP contribution is 2.21. The normalized spacial score (nSPS) is 16.7. The number of likely N-dealkylation sites (N-methyl/N-ethyl adjacent to an activating group) is 1. The molecule has 1 aromatic rings. The van der Waals surface area contributed by atoms with Gasteiger partial charge in [0.15, 0.2) is 6.61 Å². The number of nitrogens with zero attached hydrogens (tertiary/aromatic N) is 2. The Hall–Kier alpha value is -2.57. The van der Waals surface area contributed by atoms with Gasteiger partial charge in [-0.15, -0.1) is 0 Å². The largest absolute Gasteiger partial charge is 0.497 e. The van der Waals surface area contributed by atoms with Gasteiger partial charge in [0.25, 0.3) is 5.91 Å². The highest BCUT2D eigenvalue weighted by atomic mass is 16.5. The van der Waals surface area contributed by atoms with Crippen LogP contribution in [0.15, 0.2) is 24.3 Å². The van der Waals surface area contributed by atoms with Gasteiger partial charge in [-0.25, -0.2) is 0 Å². The first-order chi connectivity index (χ1) is 12.3. The summed E-state index contributed by atoms with van der Waals surface area (Å²) in [4.78, 5) is 39.3. The molecular formula is C19H26N2O5. The number of hydrogen-bond donors (Lipinski definition) is 0. The number of benzene rings is 1. The SMILES string of the molecule is COc1ccc(CN(C)C(=O)COC(=O)C2CC(=O)N(C(C)C)C2)cc1. The predicted octanol–water partition coefficient (Wildman–Crippen LogP) is 1.45. The smallest absolute Gasteiger partial charge is 0.311 e. The third-order valence-electron chi connectivity index (χ3n) is 4.46. The van der Waals surface area contributed by atoms with Crippen molar-refractivity contribution in [3.8, 4) is 5.75 Å². The fraction of sp³-hybridized carbons (Fsp3) is 0.526. The summed E-state index contributed by atoms with van der Waals surface area (Å²) in [6, 6.07) is 7.45. The Labute approximate surface area is 153 Å². The fourth-order valence-corrected chi connectivity index (χ4v) is 2.84. The van der Waals surface area contributed by atoms with E-state index in [1.54, 1.807) is 19.1 Å². The molecule has 1 saturated heterocycles. The number of amides is 2. The molecule has 1 aliphatic heterocycles. The average Bonchev–Trinajstić information content (AvgIpc) is 3.02. The minimum Gasteiger partial charge on any atom is -0.497 e. The second kappa shape index (κ2) is 8.69. The van der Waals surface area contributed by atoms with E-state index in [2.05, 4.69) is 0 Å². The van der Waals surface area contributed by atoms with Crippen molar-refractivity contribution in [2.45, 2.75) is 32.9 Å². The summed E-state index contributed by atoms with van der Waals surface area (Å²) < 4.78 is 10.2. The summed E-state index contributed by atoms with van der Waals surface area (Å²) in [5, 5.41) is 0. The Morgan fingerprint density at radius 3 is 2.46 bits per heavy atom. The van der Waals surface area contributed by atoms with E-state index in [0.717, 1.165) is 11.3 Å². The molecule has 0 bridgehead atoms. The van der Waals surface area contributed by atoms with Crippen LogP contribution in [0.3, 0.4) is 0 Å². The maximum Gasteiger partial charge on any atom is 0.311 e. The van der Waals surface area contributed by atoms with E-state index in [1.807, 2.05) is 38.1 Å². The van der Waals surface area contributed by atoms with Crippen molar-refractivity contribution in [2.24, 2.45) is 5.92 Å². The van der Waals surface area contributed by atoms with Gasteiger partial charge in [0.05, 0.1) is 13.0 Å². The van der Waals surface area contributed by atoms with E-state index < -0.39 is 11.9 Å². The first kappa shape index (κ1) is 19.8. The second-order valence-electron chi connectivity index (χ2n) is 6.75. The highest BCUT2D eigenvalue weighted by molar-refractivity contribution is 5.88. The van der Waals surface area contributed by atoms with Crippen molar-refractivity contribution in [3.05, 3.63) is 29.8 Å². The van der Waals surface area contributed by atoms with Crippen molar-refractivity contribution in [3.63, 3.8) is 0 Å². The molecule has 0 radical (unpaired) electrons. The minimum atomic E-state index is -0.496. The van der Waals surface area contributed by atoms with E-state index in [1.165, 1.54) is 4.90 Å². The number of methoxy groups -OCH3 is 1. The van der Waals surface area contributed by atoms with Crippen LogP contribution in [0.2, 0.25) is 0 Å². The molecule has 1 aromatic carbocycles. The van der Waals surface area contributed by atoms with Crippen LogP contribution in [0.5, 0.6) is 5.75 Å². The van der Waals surface area contributed by atoms with Gasteiger partial charge in [-0.3, -0.25) is 14.4 Å². The highest BCUT2D eigenvalue weighted by Gasteiger charge is 2.36. The summed E-state index contributed by atoms with van der Waals surface area (Å²) in [5.41, 5.74) is 0.946. The van der Waals surface area contributed by atoms with Crippen LogP contribution in [0, 0.1) is 5.92 Å². The molecule has 0 saturated carbocycles. The molecular weight excluding hydrogens is 336 g/mol. The molecule has 0 aliphatic carbocycles. The third-order valence-corrected chi connectivity index (χ3v) is 4.46. The molecule has 2 amide bonds. The summed E-state index contributed by atoms with van der Waals surface area (Å²) in [7, 11) is 3.25. The van der Waals surface area contributed by atoms with Crippen molar-refractivity contribution in [1.29, 1.82) is 0 Å². The van der Waals surface area contributed by atoms with E-state index in [-0.39, 0.29) is 30.9 Å². The van der Waals surface area contributed by atoms with Crippen LogP contribution < -0.4 is 4.74 Å². The molecule has 26 heavy (non-hydrogen) atoms. The molecule has 0 aromatic heterocycles. The number of esters is 1. The van der Waals surface area contributed by atoms with Crippen LogP contribution in [-0.2, 0) is 25.7 Å². The second-order valence-corrected chi connectivity index (χ2v) is 6.75. The zero-order chi connectivity index (χ0) is 19.3. The molecule has 1 fully saturated rings. The van der Waals surface area contributed by atoms with Crippen LogP contribution in [0.25, 0.3) is 0 Å². The number of ether oxygens (including phenoxy) is 2. The Morgan fingerprint density at radius 1 is 1.27 bits per heavy atom. The molecule has 7 nitrogen and oxygen atoms in total. The van der Waals surface area contributed by atoms with Crippen molar-refractivity contribution < 1.29 is 23.9 Å². The lowest BCUT2D eigenvalue weighted by Gasteiger charge is -2.21. The molecule has 0 spiro atoms. The molecule has 2 rings (SSSR count).